The number of hydrogen-bond acceptors (Lipinski definition) is 3. The topological polar surface area (TPSA) is 51.2 Å². The summed E-state index contributed by atoms with van der Waals surface area (Å²) in [6.45, 7) is 0. The van der Waals surface area contributed by atoms with Crippen LogP contribution in [0.25, 0.3) is 11.6 Å². The summed E-state index contributed by atoms with van der Waals surface area (Å²) in [5.41, 5.74) is 3.18. The van der Waals surface area contributed by atoms with Crippen LogP contribution in [-0.2, 0) is 4.79 Å². The van der Waals surface area contributed by atoms with Crippen LogP contribution < -0.4 is 10.1 Å². The Hall–Kier alpha value is -2.62. The number of carbonyl (C=O) groups is 1. The molecule has 0 saturated heterocycles. The van der Waals surface area contributed by atoms with Gasteiger partial charge < -0.3 is 10.1 Å². The molecule has 1 aromatic heterocycles. The summed E-state index contributed by atoms with van der Waals surface area (Å²) in [7, 11) is 1.61. The minimum Gasteiger partial charge on any atom is -0.497 e. The van der Waals surface area contributed by atoms with Gasteiger partial charge in [0.15, 0.2) is 0 Å². The van der Waals surface area contributed by atoms with E-state index in [1.54, 1.807) is 19.5 Å². The van der Waals surface area contributed by atoms with Crippen LogP contribution in [0.1, 0.15) is 11.1 Å². The highest BCUT2D eigenvalue weighted by atomic mass is 16.5. The number of amides is 1. The fraction of sp³-hybridized carbons (Fsp3) is 0.0667. The molecule has 4 nitrogen and oxygen atoms in total. The molecule has 1 aliphatic rings. The van der Waals surface area contributed by atoms with Crippen molar-refractivity contribution in [3.63, 3.8) is 0 Å². The molecule has 4 heteroatoms. The molecule has 3 rings (SSSR count). The fourth-order valence-corrected chi connectivity index (χ4v) is 2.07. The summed E-state index contributed by atoms with van der Waals surface area (Å²) >= 11 is 0. The zero-order chi connectivity index (χ0) is 13.2. The Morgan fingerprint density at radius 2 is 2.21 bits per heavy atom. The highest BCUT2D eigenvalue weighted by Gasteiger charge is 2.24. The normalized spacial score (nSPS) is 15.2. The number of aromatic nitrogens is 1. The molecule has 1 N–H and O–H groups in total. The van der Waals surface area contributed by atoms with Crippen LogP contribution in [0.3, 0.4) is 0 Å². The minimum absolute atomic E-state index is 0.105. The van der Waals surface area contributed by atoms with Crippen LogP contribution in [0.5, 0.6) is 5.75 Å². The van der Waals surface area contributed by atoms with E-state index in [9.17, 15) is 4.79 Å². The van der Waals surface area contributed by atoms with E-state index < -0.39 is 0 Å². The number of ether oxygens (including phenoxy) is 1. The van der Waals surface area contributed by atoms with Crippen molar-refractivity contribution in [2.24, 2.45) is 0 Å². The second-order valence-electron chi connectivity index (χ2n) is 4.21. The van der Waals surface area contributed by atoms with Gasteiger partial charge in [-0.1, -0.05) is 6.07 Å². The first kappa shape index (κ1) is 11.5. The highest BCUT2D eigenvalue weighted by molar-refractivity contribution is 6.35. The van der Waals surface area contributed by atoms with Crippen LogP contribution >= 0.6 is 0 Å². The summed E-state index contributed by atoms with van der Waals surface area (Å²) in [6.07, 6.45) is 5.25. The van der Waals surface area contributed by atoms with Crippen LogP contribution in [0.15, 0.2) is 42.7 Å². The average Bonchev–Trinajstić information content (AvgIpc) is 2.76. The smallest absolute Gasteiger partial charge is 0.256 e. The van der Waals surface area contributed by atoms with Crippen molar-refractivity contribution in [1.82, 2.24) is 4.98 Å². The van der Waals surface area contributed by atoms with Crippen molar-refractivity contribution in [3.05, 3.63) is 53.9 Å². The van der Waals surface area contributed by atoms with E-state index in [1.807, 2.05) is 36.4 Å². The van der Waals surface area contributed by atoms with Crippen molar-refractivity contribution in [3.8, 4) is 5.75 Å². The van der Waals surface area contributed by atoms with Gasteiger partial charge in [-0.15, -0.1) is 0 Å². The van der Waals surface area contributed by atoms with Crippen molar-refractivity contribution < 1.29 is 9.53 Å². The third kappa shape index (κ3) is 2.08. The second kappa shape index (κ2) is 4.57. The molecule has 0 fully saturated rings. The van der Waals surface area contributed by atoms with Gasteiger partial charge in [-0.2, -0.15) is 0 Å². The predicted octanol–water partition coefficient (Wildman–Crippen LogP) is 2.58. The molecule has 19 heavy (non-hydrogen) atoms. The average molecular weight is 252 g/mol. The number of nitrogens with zero attached hydrogens (tertiary/aromatic N) is 1. The van der Waals surface area contributed by atoms with Crippen molar-refractivity contribution in [2.45, 2.75) is 0 Å². The molecule has 1 aromatic carbocycles. The SMILES string of the molecule is COc1ccc2c(c1)/C(=C\c1cccnc1)C(=O)N2. The number of fused-ring (bicyclic) bond motifs is 1. The third-order valence-electron chi connectivity index (χ3n) is 3.01. The van der Waals surface area contributed by atoms with Crippen LogP contribution in [0, 0.1) is 0 Å². The summed E-state index contributed by atoms with van der Waals surface area (Å²) in [6, 6.07) is 9.27. The fourth-order valence-electron chi connectivity index (χ4n) is 2.07. The molecule has 0 spiro atoms. The molecule has 0 radical (unpaired) electrons. The lowest BCUT2D eigenvalue weighted by Gasteiger charge is -2.03. The van der Waals surface area contributed by atoms with E-state index >= 15 is 0 Å². The number of pyridine rings is 1. The van der Waals surface area contributed by atoms with Gasteiger partial charge in [-0.3, -0.25) is 9.78 Å². The number of carbonyl (C=O) groups excluding carboxylic acids is 1. The lowest BCUT2D eigenvalue weighted by atomic mass is 10.0. The van der Waals surface area contributed by atoms with Gasteiger partial charge in [0.05, 0.1) is 7.11 Å². The van der Waals surface area contributed by atoms with E-state index in [-0.39, 0.29) is 5.91 Å². The highest BCUT2D eigenvalue weighted by Crippen LogP contribution is 2.35. The van der Waals surface area contributed by atoms with Crippen molar-refractivity contribution in [1.29, 1.82) is 0 Å². The van der Waals surface area contributed by atoms with Crippen LogP contribution in [0.4, 0.5) is 5.69 Å². The van der Waals surface area contributed by atoms with Crippen LogP contribution in [-0.4, -0.2) is 18.0 Å². The molecule has 1 aliphatic heterocycles. The van der Waals surface area contributed by atoms with Gasteiger partial charge >= 0.3 is 0 Å². The Kier molecular flexibility index (Phi) is 2.76. The van der Waals surface area contributed by atoms with E-state index in [0.717, 1.165) is 22.6 Å². The molecular weight excluding hydrogens is 240 g/mol. The summed E-state index contributed by atoms with van der Waals surface area (Å²) in [5, 5.41) is 2.84. The summed E-state index contributed by atoms with van der Waals surface area (Å²) in [5.74, 6) is 0.624. The zero-order valence-corrected chi connectivity index (χ0v) is 10.4. The molecule has 2 heterocycles. The van der Waals surface area contributed by atoms with Gasteiger partial charge in [-0.25, -0.2) is 0 Å². The first-order valence-electron chi connectivity index (χ1n) is 5.89. The third-order valence-corrected chi connectivity index (χ3v) is 3.01. The molecule has 0 aliphatic carbocycles. The number of hydrogen-bond donors (Lipinski definition) is 1. The number of nitrogens with one attached hydrogen (secondary N) is 1. The van der Waals surface area contributed by atoms with Gasteiger partial charge in [-0.05, 0) is 35.9 Å². The largest absolute Gasteiger partial charge is 0.497 e. The maximum Gasteiger partial charge on any atom is 0.256 e. The standard InChI is InChI=1S/C15H12N2O2/c1-19-11-4-5-14-12(8-11)13(15(18)17-14)7-10-3-2-6-16-9-10/h2-9H,1H3,(H,17,18)/b13-7+. The number of benzene rings is 1. The van der Waals surface area contributed by atoms with Gasteiger partial charge in [0, 0.05) is 29.2 Å². The zero-order valence-electron chi connectivity index (χ0n) is 10.4. The first-order chi connectivity index (χ1) is 9.28. The lowest BCUT2D eigenvalue weighted by Crippen LogP contribution is -2.03. The molecule has 1 amide bonds. The molecule has 0 bridgehead atoms. The maximum absolute atomic E-state index is 12.0. The Labute approximate surface area is 110 Å². The van der Waals surface area contributed by atoms with E-state index in [2.05, 4.69) is 10.3 Å². The Balaban J connectivity index is 2.09. The Morgan fingerprint density at radius 1 is 1.32 bits per heavy atom. The Bertz CT molecular complexity index is 663. The van der Waals surface area contributed by atoms with E-state index in [0.29, 0.717) is 5.57 Å². The maximum atomic E-state index is 12.0. The van der Waals surface area contributed by atoms with Gasteiger partial charge in [0.1, 0.15) is 5.75 Å². The lowest BCUT2D eigenvalue weighted by molar-refractivity contribution is -0.110. The molecule has 94 valence electrons. The monoisotopic (exact) mass is 252 g/mol. The molecule has 0 unspecified atom stereocenters. The second-order valence-corrected chi connectivity index (χ2v) is 4.21. The van der Waals surface area contributed by atoms with Crippen molar-refractivity contribution in [2.75, 3.05) is 12.4 Å². The molecule has 0 atom stereocenters. The number of methoxy groups -OCH3 is 1. The summed E-state index contributed by atoms with van der Waals surface area (Å²) < 4.78 is 5.19. The number of rotatable bonds is 2. The van der Waals surface area contributed by atoms with Gasteiger partial charge in [0.2, 0.25) is 0 Å². The predicted molar refractivity (Wildman–Crippen MR) is 73.7 cm³/mol. The number of anilines is 1. The van der Waals surface area contributed by atoms with E-state index in [1.165, 1.54) is 0 Å². The van der Waals surface area contributed by atoms with E-state index in [4.69, 9.17) is 4.74 Å². The first-order valence-corrected chi connectivity index (χ1v) is 5.89. The quantitative estimate of drug-likeness (QED) is 0.836. The Morgan fingerprint density at radius 3 is 2.95 bits per heavy atom. The molecule has 2 aromatic rings. The van der Waals surface area contributed by atoms with Crippen LogP contribution in [0.2, 0.25) is 0 Å². The molecular formula is C15H12N2O2. The van der Waals surface area contributed by atoms with Gasteiger partial charge in [0.25, 0.3) is 5.91 Å². The minimum atomic E-state index is -0.105. The molecule has 0 saturated carbocycles. The van der Waals surface area contributed by atoms with Crippen molar-refractivity contribution >= 4 is 23.2 Å². The summed E-state index contributed by atoms with van der Waals surface area (Å²) in [4.78, 5) is 16.0.